The van der Waals surface area contributed by atoms with Gasteiger partial charge in [0.25, 0.3) is 0 Å². The summed E-state index contributed by atoms with van der Waals surface area (Å²) in [6, 6.07) is 0.517. The predicted octanol–water partition coefficient (Wildman–Crippen LogP) is 1.07. The molecule has 0 saturated heterocycles. The molecule has 0 aliphatic carbocycles. The van der Waals surface area contributed by atoms with Crippen molar-refractivity contribution in [1.82, 2.24) is 10.6 Å². The fourth-order valence-corrected chi connectivity index (χ4v) is 2.59. The Balaban J connectivity index is 2.82. The van der Waals surface area contributed by atoms with Crippen LogP contribution in [0.15, 0.2) is 17.5 Å². The highest BCUT2D eigenvalue weighted by Crippen LogP contribution is 2.19. The quantitative estimate of drug-likeness (QED) is 0.601. The molecule has 7 nitrogen and oxygen atoms in total. The van der Waals surface area contributed by atoms with Crippen LogP contribution < -0.4 is 16.4 Å². The zero-order chi connectivity index (χ0) is 16.0. The molecule has 3 amide bonds. The molecule has 1 aromatic heterocycles. The molecule has 1 rings (SSSR count). The van der Waals surface area contributed by atoms with Gasteiger partial charge in [-0.05, 0) is 23.8 Å². The van der Waals surface area contributed by atoms with Crippen molar-refractivity contribution < 1.29 is 19.5 Å². The number of aliphatic carboxylic acids is 1. The highest BCUT2D eigenvalue weighted by atomic mass is 32.1. The van der Waals surface area contributed by atoms with Crippen molar-refractivity contribution in [1.29, 1.82) is 0 Å². The van der Waals surface area contributed by atoms with E-state index in [-0.39, 0.29) is 5.92 Å². The predicted molar refractivity (Wildman–Crippen MR) is 78.8 cm³/mol. The van der Waals surface area contributed by atoms with Crippen molar-refractivity contribution in [3.63, 3.8) is 0 Å². The van der Waals surface area contributed by atoms with Crippen LogP contribution in [0.3, 0.4) is 0 Å². The Kier molecular flexibility index (Phi) is 6.16. The topological polar surface area (TPSA) is 122 Å². The van der Waals surface area contributed by atoms with Crippen LogP contribution in [0, 0.1) is 5.92 Å². The Morgan fingerprint density at radius 1 is 1.33 bits per heavy atom. The number of nitrogens with two attached hydrogens (primary N) is 1. The highest BCUT2D eigenvalue weighted by Gasteiger charge is 2.28. The molecule has 21 heavy (non-hydrogen) atoms. The van der Waals surface area contributed by atoms with E-state index >= 15 is 0 Å². The van der Waals surface area contributed by atoms with Crippen LogP contribution in [0.2, 0.25) is 0 Å². The molecule has 0 aliphatic heterocycles. The molecule has 0 spiro atoms. The maximum absolute atomic E-state index is 12.2. The van der Waals surface area contributed by atoms with Crippen molar-refractivity contribution in [3.05, 3.63) is 22.4 Å². The molecule has 2 unspecified atom stereocenters. The van der Waals surface area contributed by atoms with E-state index in [0.717, 1.165) is 0 Å². The van der Waals surface area contributed by atoms with Crippen molar-refractivity contribution >= 4 is 29.2 Å². The molecular weight excluding hydrogens is 294 g/mol. The van der Waals surface area contributed by atoms with E-state index in [0.29, 0.717) is 11.3 Å². The highest BCUT2D eigenvalue weighted by molar-refractivity contribution is 7.10. The van der Waals surface area contributed by atoms with Gasteiger partial charge in [0.05, 0.1) is 0 Å². The van der Waals surface area contributed by atoms with Crippen LogP contribution in [0.4, 0.5) is 4.79 Å². The molecule has 116 valence electrons. The van der Waals surface area contributed by atoms with Gasteiger partial charge < -0.3 is 21.5 Å². The van der Waals surface area contributed by atoms with E-state index in [4.69, 9.17) is 5.73 Å². The molecule has 1 heterocycles. The second kappa shape index (κ2) is 7.63. The van der Waals surface area contributed by atoms with Crippen molar-refractivity contribution in [2.75, 3.05) is 0 Å². The molecule has 2 atom stereocenters. The Hall–Kier alpha value is -2.09. The average Bonchev–Trinajstić information content (AvgIpc) is 2.86. The van der Waals surface area contributed by atoms with Gasteiger partial charge in [-0.15, -0.1) is 11.3 Å². The lowest BCUT2D eigenvalue weighted by atomic mass is 10.0. The van der Waals surface area contributed by atoms with Crippen molar-refractivity contribution in [2.45, 2.75) is 32.4 Å². The van der Waals surface area contributed by atoms with Gasteiger partial charge in [0.1, 0.15) is 6.04 Å². The Morgan fingerprint density at radius 3 is 2.43 bits per heavy atom. The first-order valence-corrected chi connectivity index (χ1v) is 7.31. The van der Waals surface area contributed by atoms with Gasteiger partial charge in [-0.2, -0.15) is 0 Å². The summed E-state index contributed by atoms with van der Waals surface area (Å²) in [5.41, 5.74) is 5.05. The van der Waals surface area contributed by atoms with Gasteiger partial charge in [-0.3, -0.25) is 4.79 Å². The van der Waals surface area contributed by atoms with Gasteiger partial charge in [-0.25, -0.2) is 9.59 Å². The Morgan fingerprint density at radius 2 is 2.00 bits per heavy atom. The van der Waals surface area contributed by atoms with E-state index in [1.54, 1.807) is 17.5 Å². The summed E-state index contributed by atoms with van der Waals surface area (Å²) in [6.07, 6.45) is 0.367. The van der Waals surface area contributed by atoms with Crippen LogP contribution in [0.1, 0.15) is 31.2 Å². The number of rotatable bonds is 7. The van der Waals surface area contributed by atoms with E-state index < -0.39 is 30.0 Å². The van der Waals surface area contributed by atoms with Gasteiger partial charge >= 0.3 is 12.0 Å². The number of primary amides is 1. The molecule has 0 fully saturated rings. The zero-order valence-electron chi connectivity index (χ0n) is 11.8. The number of carboxylic acid groups (broad SMARTS) is 1. The second-order valence-electron chi connectivity index (χ2n) is 4.99. The molecule has 0 radical (unpaired) electrons. The van der Waals surface area contributed by atoms with Crippen LogP contribution in [-0.2, 0) is 9.59 Å². The summed E-state index contributed by atoms with van der Waals surface area (Å²) in [7, 11) is 0. The average molecular weight is 313 g/mol. The number of urea groups is 1. The van der Waals surface area contributed by atoms with Crippen molar-refractivity contribution in [2.24, 2.45) is 11.7 Å². The fraction of sp³-hybridized carbons (Fsp3) is 0.462. The number of thiophene rings is 1. The monoisotopic (exact) mass is 313 g/mol. The largest absolute Gasteiger partial charge is 0.479 e. The molecule has 0 bridgehead atoms. The first-order valence-electron chi connectivity index (χ1n) is 6.43. The Labute approximate surface area is 126 Å². The minimum Gasteiger partial charge on any atom is -0.479 e. The zero-order valence-corrected chi connectivity index (χ0v) is 12.6. The third-order valence-electron chi connectivity index (χ3n) is 2.70. The summed E-state index contributed by atoms with van der Waals surface area (Å²) in [5, 5.41) is 15.7. The summed E-state index contributed by atoms with van der Waals surface area (Å²) >= 11 is 1.23. The summed E-state index contributed by atoms with van der Waals surface area (Å²) in [6.45, 7) is 3.77. The van der Waals surface area contributed by atoms with E-state index in [1.807, 2.05) is 13.8 Å². The summed E-state index contributed by atoms with van der Waals surface area (Å²) < 4.78 is 0. The molecule has 0 saturated carbocycles. The lowest BCUT2D eigenvalue weighted by Gasteiger charge is -2.21. The van der Waals surface area contributed by atoms with Crippen LogP contribution in [0.5, 0.6) is 0 Å². The van der Waals surface area contributed by atoms with Gasteiger partial charge in [-0.1, -0.05) is 19.9 Å². The van der Waals surface area contributed by atoms with Crippen LogP contribution >= 0.6 is 11.3 Å². The number of carboxylic acids is 1. The number of carbonyl (C=O) groups excluding carboxylic acids is 2. The SMILES string of the molecule is CC(C)CC(NC(N)=O)C(=O)NC(C(=O)O)c1cccs1. The normalized spacial score (nSPS) is 13.5. The van der Waals surface area contributed by atoms with Crippen LogP contribution in [-0.4, -0.2) is 29.1 Å². The first kappa shape index (κ1) is 17.0. The minimum atomic E-state index is -1.16. The molecule has 1 aromatic rings. The minimum absolute atomic E-state index is 0.137. The first-order chi connectivity index (χ1) is 9.81. The van der Waals surface area contributed by atoms with E-state index in [1.165, 1.54) is 11.3 Å². The Bertz CT molecular complexity index is 502. The third-order valence-corrected chi connectivity index (χ3v) is 3.64. The number of amides is 3. The third kappa shape index (κ3) is 5.42. The van der Waals surface area contributed by atoms with E-state index in [2.05, 4.69) is 10.6 Å². The lowest BCUT2D eigenvalue weighted by Crippen LogP contribution is -2.50. The molecule has 0 aliphatic rings. The molecular formula is C13H19N3O4S. The molecule has 5 N–H and O–H groups in total. The number of carbonyl (C=O) groups is 3. The standard InChI is InChI=1S/C13H19N3O4S/c1-7(2)6-8(15-13(14)20)11(17)16-10(12(18)19)9-4-3-5-21-9/h3-5,7-8,10H,6H2,1-2H3,(H,16,17)(H,18,19)(H3,14,15,20). The maximum Gasteiger partial charge on any atom is 0.331 e. The van der Waals surface area contributed by atoms with Gasteiger partial charge in [0.15, 0.2) is 6.04 Å². The number of nitrogens with one attached hydrogen (secondary N) is 2. The number of hydrogen-bond donors (Lipinski definition) is 4. The van der Waals surface area contributed by atoms with Crippen molar-refractivity contribution in [3.8, 4) is 0 Å². The fourth-order valence-electron chi connectivity index (χ4n) is 1.83. The number of hydrogen-bond acceptors (Lipinski definition) is 4. The second-order valence-corrected chi connectivity index (χ2v) is 5.97. The smallest absolute Gasteiger partial charge is 0.331 e. The lowest BCUT2D eigenvalue weighted by molar-refractivity contribution is -0.142. The summed E-state index contributed by atoms with van der Waals surface area (Å²) in [5.74, 6) is -1.59. The molecule has 0 aromatic carbocycles. The van der Waals surface area contributed by atoms with Crippen LogP contribution in [0.25, 0.3) is 0 Å². The maximum atomic E-state index is 12.2. The molecule has 8 heteroatoms. The van der Waals surface area contributed by atoms with Gasteiger partial charge in [0, 0.05) is 4.88 Å². The van der Waals surface area contributed by atoms with E-state index in [9.17, 15) is 19.5 Å². The van der Waals surface area contributed by atoms with Gasteiger partial charge in [0.2, 0.25) is 5.91 Å². The summed E-state index contributed by atoms with van der Waals surface area (Å²) in [4.78, 5) is 34.9.